The molecule has 1 atom stereocenters. The van der Waals surface area contributed by atoms with Crippen molar-refractivity contribution in [2.45, 2.75) is 25.9 Å². The summed E-state index contributed by atoms with van der Waals surface area (Å²) < 4.78 is 63.9. The van der Waals surface area contributed by atoms with Gasteiger partial charge in [0.2, 0.25) is 5.91 Å². The normalized spacial score (nSPS) is 16.3. The fraction of sp³-hybridized carbons (Fsp3) is 0.348. The van der Waals surface area contributed by atoms with Crippen LogP contribution in [-0.2, 0) is 16.0 Å². The third-order valence-corrected chi connectivity index (χ3v) is 5.77. The lowest BCUT2D eigenvalue weighted by Crippen LogP contribution is -2.45. The molecule has 0 spiro atoms. The Bertz CT molecular complexity index is 1240. The molecule has 0 radical (unpaired) electrons. The zero-order chi connectivity index (χ0) is 24.6. The number of hydrogen-bond donors (Lipinski definition) is 1. The first-order valence-corrected chi connectivity index (χ1v) is 10.6. The van der Waals surface area contributed by atoms with Gasteiger partial charge in [0.15, 0.2) is 0 Å². The van der Waals surface area contributed by atoms with Crippen molar-refractivity contribution in [2.75, 3.05) is 26.7 Å². The van der Waals surface area contributed by atoms with E-state index in [9.17, 15) is 18.4 Å². The molecule has 4 rings (SSSR count). The van der Waals surface area contributed by atoms with Crippen LogP contribution in [0.4, 0.5) is 17.6 Å². The Morgan fingerprint density at radius 2 is 1.94 bits per heavy atom. The van der Waals surface area contributed by atoms with E-state index in [2.05, 4.69) is 10.3 Å². The van der Waals surface area contributed by atoms with Crippen molar-refractivity contribution in [3.8, 4) is 11.3 Å². The van der Waals surface area contributed by atoms with Gasteiger partial charge in [0.05, 0.1) is 29.7 Å². The summed E-state index contributed by atoms with van der Waals surface area (Å²) in [6.45, 7) is 2.41. The topological polar surface area (TPSA) is 75.9 Å². The number of morpholine rings is 1. The zero-order valence-electron chi connectivity index (χ0n) is 18.4. The van der Waals surface area contributed by atoms with Crippen LogP contribution in [0.1, 0.15) is 35.0 Å². The lowest BCUT2D eigenvalue weighted by Gasteiger charge is -2.32. The van der Waals surface area contributed by atoms with Crippen LogP contribution in [-0.4, -0.2) is 58.9 Å². The van der Waals surface area contributed by atoms with E-state index in [-0.39, 0.29) is 47.9 Å². The molecule has 0 saturated carbocycles. The standard InChI is InChI=1S/C23H22F4N4O3/c1-12(32)30-5-6-34-15(11-30)10-18-21(29-19-9-13(22(26)27)3-4-31(18)19)20-16(24)7-14(8-17(20)25)23(33)28-2/h3-4,7-9,15,22H,5-6,10-11H2,1-2H3,(H,28,33)/t15-/m0/s1. The first-order chi connectivity index (χ1) is 16.2. The van der Waals surface area contributed by atoms with E-state index in [1.165, 1.54) is 30.6 Å². The van der Waals surface area contributed by atoms with Crippen molar-refractivity contribution in [3.05, 3.63) is 58.9 Å². The van der Waals surface area contributed by atoms with E-state index in [1.54, 1.807) is 4.90 Å². The van der Waals surface area contributed by atoms with Crippen molar-refractivity contribution in [1.82, 2.24) is 19.6 Å². The Balaban J connectivity index is 1.84. The highest BCUT2D eigenvalue weighted by Gasteiger charge is 2.28. The van der Waals surface area contributed by atoms with Crippen molar-refractivity contribution < 1.29 is 31.9 Å². The van der Waals surface area contributed by atoms with Crippen molar-refractivity contribution in [2.24, 2.45) is 0 Å². The summed E-state index contributed by atoms with van der Waals surface area (Å²) in [4.78, 5) is 29.5. The average Bonchev–Trinajstić information content (AvgIpc) is 3.15. The van der Waals surface area contributed by atoms with E-state index < -0.39 is 35.6 Å². The van der Waals surface area contributed by atoms with Crippen LogP contribution in [0.5, 0.6) is 0 Å². The quantitative estimate of drug-likeness (QED) is 0.571. The SMILES string of the molecule is CNC(=O)c1cc(F)c(-c2nc3cc(C(F)F)ccn3c2C[C@H]2CN(C(C)=O)CCO2)c(F)c1. The number of fused-ring (bicyclic) bond motifs is 1. The van der Waals surface area contributed by atoms with Crippen LogP contribution < -0.4 is 5.32 Å². The minimum atomic E-state index is -2.75. The minimum Gasteiger partial charge on any atom is -0.374 e. The molecule has 2 amide bonds. The van der Waals surface area contributed by atoms with Gasteiger partial charge in [0.25, 0.3) is 12.3 Å². The second kappa shape index (κ2) is 9.41. The van der Waals surface area contributed by atoms with E-state index in [1.807, 2.05) is 0 Å². The molecule has 180 valence electrons. The molecule has 34 heavy (non-hydrogen) atoms. The van der Waals surface area contributed by atoms with E-state index >= 15 is 8.78 Å². The van der Waals surface area contributed by atoms with Gasteiger partial charge >= 0.3 is 0 Å². The predicted octanol–water partition coefficient (Wildman–Crippen LogP) is 3.37. The lowest BCUT2D eigenvalue weighted by atomic mass is 10.0. The lowest BCUT2D eigenvalue weighted by molar-refractivity contribution is -0.136. The molecule has 11 heteroatoms. The molecule has 1 aliphatic rings. The maximum absolute atomic E-state index is 15.1. The number of benzene rings is 1. The molecule has 1 N–H and O–H groups in total. The van der Waals surface area contributed by atoms with Crippen LogP contribution >= 0.6 is 0 Å². The first-order valence-electron chi connectivity index (χ1n) is 10.6. The summed E-state index contributed by atoms with van der Waals surface area (Å²) in [5.41, 5.74) is -0.659. The van der Waals surface area contributed by atoms with Crippen LogP contribution in [0.25, 0.3) is 16.9 Å². The molecule has 1 aliphatic heterocycles. The van der Waals surface area contributed by atoms with Crippen molar-refractivity contribution in [3.63, 3.8) is 0 Å². The van der Waals surface area contributed by atoms with Gasteiger partial charge < -0.3 is 19.4 Å². The third kappa shape index (κ3) is 4.47. The predicted molar refractivity (Wildman–Crippen MR) is 115 cm³/mol. The maximum Gasteiger partial charge on any atom is 0.264 e. The number of carbonyl (C=O) groups is 2. The Labute approximate surface area is 192 Å². The first kappa shape index (κ1) is 23.7. The number of alkyl halides is 2. The van der Waals surface area contributed by atoms with Crippen LogP contribution in [0.3, 0.4) is 0 Å². The summed E-state index contributed by atoms with van der Waals surface area (Å²) in [5.74, 6) is -2.84. The highest BCUT2D eigenvalue weighted by Crippen LogP contribution is 2.33. The number of halogens is 4. The summed E-state index contributed by atoms with van der Waals surface area (Å²) in [6, 6.07) is 4.14. The van der Waals surface area contributed by atoms with Crippen molar-refractivity contribution in [1.29, 1.82) is 0 Å². The molecule has 1 aromatic carbocycles. The molecule has 7 nitrogen and oxygen atoms in total. The number of rotatable bonds is 5. The maximum atomic E-state index is 15.1. The second-order valence-electron chi connectivity index (χ2n) is 7.95. The number of imidazole rings is 1. The minimum absolute atomic E-state index is 0.0798. The fourth-order valence-corrected chi connectivity index (χ4v) is 4.06. The zero-order valence-corrected chi connectivity index (χ0v) is 18.4. The Hall–Kier alpha value is -3.47. The largest absolute Gasteiger partial charge is 0.374 e. The number of nitrogens with one attached hydrogen (secondary N) is 1. The summed E-state index contributed by atoms with van der Waals surface area (Å²) in [6.07, 6.45) is -1.77. The van der Waals surface area contributed by atoms with Gasteiger partial charge in [-0.1, -0.05) is 0 Å². The van der Waals surface area contributed by atoms with Gasteiger partial charge in [-0.15, -0.1) is 0 Å². The number of nitrogens with zero attached hydrogens (tertiary/aromatic N) is 3. The number of amides is 2. The van der Waals surface area contributed by atoms with E-state index in [0.717, 1.165) is 18.2 Å². The van der Waals surface area contributed by atoms with Crippen molar-refractivity contribution >= 4 is 17.5 Å². The van der Waals surface area contributed by atoms with Gasteiger partial charge in [-0.3, -0.25) is 9.59 Å². The summed E-state index contributed by atoms with van der Waals surface area (Å²) >= 11 is 0. The van der Waals surface area contributed by atoms with E-state index in [0.29, 0.717) is 12.2 Å². The monoisotopic (exact) mass is 478 g/mol. The molecule has 1 fully saturated rings. The summed E-state index contributed by atoms with van der Waals surface area (Å²) in [5, 5.41) is 2.30. The van der Waals surface area contributed by atoms with Gasteiger partial charge in [-0.05, 0) is 24.3 Å². The number of aromatic nitrogens is 2. The smallest absolute Gasteiger partial charge is 0.264 e. The molecular weight excluding hydrogens is 456 g/mol. The molecule has 2 aromatic heterocycles. The Morgan fingerprint density at radius 3 is 2.56 bits per heavy atom. The van der Waals surface area contributed by atoms with Gasteiger partial charge in [0, 0.05) is 50.8 Å². The number of ether oxygens (including phenoxy) is 1. The second-order valence-corrected chi connectivity index (χ2v) is 7.95. The van der Waals surface area contributed by atoms with Crippen LogP contribution in [0, 0.1) is 11.6 Å². The fourth-order valence-electron chi connectivity index (χ4n) is 4.06. The molecule has 0 bridgehead atoms. The number of carbonyl (C=O) groups excluding carboxylic acids is 2. The van der Waals surface area contributed by atoms with Crippen LogP contribution in [0.15, 0.2) is 30.5 Å². The molecular formula is C23H22F4N4O3. The molecule has 3 heterocycles. The molecule has 1 saturated heterocycles. The number of hydrogen-bond acceptors (Lipinski definition) is 4. The number of pyridine rings is 1. The molecule has 0 aliphatic carbocycles. The van der Waals surface area contributed by atoms with Gasteiger partial charge in [-0.25, -0.2) is 22.5 Å². The average molecular weight is 478 g/mol. The highest BCUT2D eigenvalue weighted by molar-refractivity contribution is 5.94. The highest BCUT2D eigenvalue weighted by atomic mass is 19.3. The van der Waals surface area contributed by atoms with Gasteiger partial charge in [-0.2, -0.15) is 0 Å². The summed E-state index contributed by atoms with van der Waals surface area (Å²) in [7, 11) is 1.33. The van der Waals surface area contributed by atoms with Crippen LogP contribution in [0.2, 0.25) is 0 Å². The van der Waals surface area contributed by atoms with Gasteiger partial charge in [0.1, 0.15) is 17.3 Å². The molecule has 0 unspecified atom stereocenters. The Morgan fingerprint density at radius 1 is 1.24 bits per heavy atom. The van der Waals surface area contributed by atoms with E-state index in [4.69, 9.17) is 4.74 Å². The third-order valence-electron chi connectivity index (χ3n) is 5.77. The molecule has 3 aromatic rings. The Kier molecular flexibility index (Phi) is 6.56.